The van der Waals surface area contributed by atoms with Crippen molar-refractivity contribution in [3.63, 3.8) is 0 Å². The van der Waals surface area contributed by atoms with Crippen LogP contribution in [-0.2, 0) is 28.4 Å². The number of sulfone groups is 1. The summed E-state index contributed by atoms with van der Waals surface area (Å²) in [4.78, 5) is 3.82. The first-order valence-electron chi connectivity index (χ1n) is 5.25. The second-order valence-corrected chi connectivity index (χ2v) is 7.34. The molecule has 0 unspecified atom stereocenters. The second kappa shape index (κ2) is 5.70. The largest absolute Gasteiger partial charge is 0.281 e. The highest BCUT2D eigenvalue weighted by Gasteiger charge is 2.25. The van der Waals surface area contributed by atoms with Crippen molar-refractivity contribution in [2.24, 2.45) is 7.05 Å². The third-order valence-corrected chi connectivity index (χ3v) is 5.16. The minimum atomic E-state index is -3.68. The maximum atomic E-state index is 12.8. The summed E-state index contributed by atoms with van der Waals surface area (Å²) in [6, 6.07) is 0. The third kappa shape index (κ3) is 3.49. The van der Waals surface area contributed by atoms with Gasteiger partial charge in [0.05, 0.1) is 5.75 Å². The van der Waals surface area contributed by atoms with E-state index < -0.39 is 27.7 Å². The van der Waals surface area contributed by atoms with Gasteiger partial charge in [0.15, 0.2) is 9.84 Å². The maximum Gasteiger partial charge on any atom is 0.281 e. The Kier molecular flexibility index (Phi) is 4.35. The summed E-state index contributed by atoms with van der Waals surface area (Å²) in [6.07, 6.45) is -2.84. The molecule has 2 aromatic heterocycles. The normalized spacial score (nSPS) is 12.2. The third-order valence-electron chi connectivity index (χ3n) is 2.37. The molecule has 11 heteroatoms. The van der Waals surface area contributed by atoms with Gasteiger partial charge in [-0.15, -0.1) is 16.4 Å². The molecule has 0 N–H and O–H groups in total. The number of nitrogens with zero attached hydrogens (tertiary/aromatic N) is 4. The van der Waals surface area contributed by atoms with Crippen molar-refractivity contribution in [2.45, 2.75) is 17.9 Å². The standard InChI is InChI=1S/C9H9ClF2N4O2S2/c1-16-8(9(11)12)5(14-15-16)3-20(17,18)4-7-13-6(10)2-19-7/h2,9H,3-4H2,1H3. The van der Waals surface area contributed by atoms with Crippen LogP contribution in [0, 0.1) is 0 Å². The summed E-state index contributed by atoms with van der Waals surface area (Å²) in [5.74, 6) is -0.985. The monoisotopic (exact) mass is 342 g/mol. The van der Waals surface area contributed by atoms with Gasteiger partial charge in [-0.05, 0) is 0 Å². The molecule has 0 aromatic carbocycles. The summed E-state index contributed by atoms with van der Waals surface area (Å²) < 4.78 is 50.4. The quantitative estimate of drug-likeness (QED) is 0.830. The first-order chi connectivity index (χ1) is 9.28. The lowest BCUT2D eigenvalue weighted by atomic mass is 10.3. The highest BCUT2D eigenvalue weighted by molar-refractivity contribution is 7.89. The average molecular weight is 343 g/mol. The van der Waals surface area contributed by atoms with Gasteiger partial charge in [0.1, 0.15) is 27.3 Å². The molecule has 2 rings (SSSR count). The van der Waals surface area contributed by atoms with Crippen molar-refractivity contribution in [3.05, 3.63) is 26.9 Å². The Morgan fingerprint density at radius 3 is 2.70 bits per heavy atom. The van der Waals surface area contributed by atoms with E-state index >= 15 is 0 Å². The molecule has 0 atom stereocenters. The van der Waals surface area contributed by atoms with Gasteiger partial charge >= 0.3 is 0 Å². The molecule has 0 saturated carbocycles. The summed E-state index contributed by atoms with van der Waals surface area (Å²) >= 11 is 6.69. The number of hydrogen-bond acceptors (Lipinski definition) is 6. The van der Waals surface area contributed by atoms with Gasteiger partial charge in [0, 0.05) is 12.4 Å². The lowest BCUT2D eigenvalue weighted by Gasteiger charge is -2.03. The topological polar surface area (TPSA) is 77.7 Å². The molecule has 20 heavy (non-hydrogen) atoms. The Labute approximate surface area is 122 Å². The molecular formula is C9H9ClF2N4O2S2. The van der Waals surface area contributed by atoms with E-state index in [1.807, 2.05) is 0 Å². The number of aromatic nitrogens is 4. The van der Waals surface area contributed by atoms with E-state index in [4.69, 9.17) is 11.6 Å². The highest BCUT2D eigenvalue weighted by Crippen LogP contribution is 2.24. The minimum absolute atomic E-state index is 0.202. The zero-order valence-corrected chi connectivity index (χ0v) is 12.5. The van der Waals surface area contributed by atoms with Crippen LogP contribution in [-0.4, -0.2) is 28.4 Å². The molecule has 0 aliphatic rings. The van der Waals surface area contributed by atoms with Gasteiger partial charge < -0.3 is 0 Å². The lowest BCUT2D eigenvalue weighted by molar-refractivity contribution is 0.140. The van der Waals surface area contributed by atoms with Crippen LogP contribution in [0.25, 0.3) is 0 Å². The van der Waals surface area contributed by atoms with Crippen molar-refractivity contribution in [2.75, 3.05) is 0 Å². The first kappa shape index (κ1) is 15.3. The SMILES string of the molecule is Cn1nnc(CS(=O)(=O)Cc2nc(Cl)cs2)c1C(F)F. The Balaban J connectivity index is 2.20. The molecule has 2 heterocycles. The minimum Gasteiger partial charge on any atom is -0.246 e. The molecule has 0 fully saturated rings. The molecule has 0 aliphatic carbocycles. The fourth-order valence-corrected chi connectivity index (χ4v) is 4.28. The first-order valence-corrected chi connectivity index (χ1v) is 8.33. The second-order valence-electron chi connectivity index (χ2n) is 3.94. The van der Waals surface area contributed by atoms with Gasteiger partial charge in [-0.2, -0.15) is 0 Å². The lowest BCUT2D eigenvalue weighted by Crippen LogP contribution is -2.10. The Bertz CT molecular complexity index is 713. The number of thiazole rings is 1. The van der Waals surface area contributed by atoms with Gasteiger partial charge in [0.2, 0.25) is 0 Å². The van der Waals surface area contributed by atoms with Crippen molar-refractivity contribution in [3.8, 4) is 0 Å². The van der Waals surface area contributed by atoms with Crippen LogP contribution in [0.3, 0.4) is 0 Å². The summed E-state index contributed by atoms with van der Waals surface area (Å²) in [5, 5.41) is 8.91. The van der Waals surface area contributed by atoms with E-state index in [1.54, 1.807) is 0 Å². The molecule has 0 aliphatic heterocycles. The highest BCUT2D eigenvalue weighted by atomic mass is 35.5. The van der Waals surface area contributed by atoms with Gasteiger partial charge in [-0.1, -0.05) is 16.8 Å². The maximum absolute atomic E-state index is 12.8. The zero-order valence-electron chi connectivity index (χ0n) is 10.1. The van der Waals surface area contributed by atoms with Crippen molar-refractivity contribution >= 4 is 32.8 Å². The van der Waals surface area contributed by atoms with Gasteiger partial charge in [0.25, 0.3) is 6.43 Å². The Morgan fingerprint density at radius 2 is 2.15 bits per heavy atom. The van der Waals surface area contributed by atoms with Crippen molar-refractivity contribution in [1.82, 2.24) is 20.0 Å². The summed E-state index contributed by atoms with van der Waals surface area (Å²) in [7, 11) is -2.39. The van der Waals surface area contributed by atoms with Crippen LogP contribution in [0.1, 0.15) is 22.8 Å². The van der Waals surface area contributed by atoms with Crippen LogP contribution in [0.5, 0.6) is 0 Å². The number of alkyl halides is 2. The van der Waals surface area contributed by atoms with Crippen molar-refractivity contribution < 1.29 is 17.2 Å². The fraction of sp³-hybridized carbons (Fsp3) is 0.444. The van der Waals surface area contributed by atoms with Crippen LogP contribution < -0.4 is 0 Å². The Morgan fingerprint density at radius 1 is 1.45 bits per heavy atom. The number of hydrogen-bond donors (Lipinski definition) is 0. The Hall–Kier alpha value is -1.13. The van der Waals surface area contributed by atoms with Gasteiger partial charge in [-0.25, -0.2) is 26.9 Å². The molecular weight excluding hydrogens is 334 g/mol. The molecule has 110 valence electrons. The van der Waals surface area contributed by atoms with E-state index in [9.17, 15) is 17.2 Å². The molecule has 6 nitrogen and oxygen atoms in total. The predicted octanol–water partition coefficient (Wildman–Crippen LogP) is 1.98. The van der Waals surface area contributed by atoms with Crippen LogP contribution >= 0.6 is 22.9 Å². The fourth-order valence-electron chi connectivity index (χ4n) is 1.58. The van der Waals surface area contributed by atoms with Crippen LogP contribution in [0.15, 0.2) is 5.38 Å². The van der Waals surface area contributed by atoms with E-state index in [-0.39, 0.29) is 16.6 Å². The molecule has 0 spiro atoms. The van der Waals surface area contributed by atoms with Crippen LogP contribution in [0.4, 0.5) is 8.78 Å². The number of rotatable bonds is 5. The smallest absolute Gasteiger partial charge is 0.246 e. The van der Waals surface area contributed by atoms with E-state index in [1.165, 1.54) is 12.4 Å². The zero-order chi connectivity index (χ0) is 14.9. The van der Waals surface area contributed by atoms with Gasteiger partial charge in [-0.3, -0.25) is 0 Å². The molecule has 0 saturated heterocycles. The van der Waals surface area contributed by atoms with E-state index in [2.05, 4.69) is 15.3 Å². The molecule has 0 amide bonds. The van der Waals surface area contributed by atoms with Crippen molar-refractivity contribution in [1.29, 1.82) is 0 Å². The van der Waals surface area contributed by atoms with E-state index in [0.717, 1.165) is 16.0 Å². The predicted molar refractivity (Wildman–Crippen MR) is 69.4 cm³/mol. The molecule has 0 radical (unpaired) electrons. The molecule has 0 bridgehead atoms. The summed E-state index contributed by atoms with van der Waals surface area (Å²) in [5.41, 5.74) is -0.740. The summed E-state index contributed by atoms with van der Waals surface area (Å²) in [6.45, 7) is 0. The molecule has 2 aromatic rings. The average Bonchev–Trinajstić information content (AvgIpc) is 2.84. The van der Waals surface area contributed by atoms with Crippen LogP contribution in [0.2, 0.25) is 5.15 Å². The number of aryl methyl sites for hydroxylation is 1. The number of halogens is 3. The van der Waals surface area contributed by atoms with E-state index in [0.29, 0.717) is 5.01 Å².